The number of carbonyl (C=O) groups excluding carboxylic acids is 3. The van der Waals surface area contributed by atoms with Crippen molar-refractivity contribution in [3.63, 3.8) is 0 Å². The molecule has 0 aliphatic rings. The number of carbonyl (C=O) groups is 3. The van der Waals surface area contributed by atoms with E-state index in [9.17, 15) is 29.7 Å². The average Bonchev–Trinajstić information content (AvgIpc) is 3.29. The van der Waals surface area contributed by atoms with Crippen LogP contribution < -0.4 is 0 Å². The molecule has 0 spiro atoms. The minimum absolute atomic E-state index is 0.0204. The molecule has 7 nitrogen and oxygen atoms in total. The highest BCUT2D eigenvalue weighted by Gasteiger charge is 2.52. The Morgan fingerprint density at radius 1 is 0.359 bits per heavy atom. The van der Waals surface area contributed by atoms with Gasteiger partial charge in [0.25, 0.3) is 5.79 Å². The molecule has 0 amide bonds. The first kappa shape index (κ1) is 62.4. The maximum Gasteiger partial charge on any atom is 0.308 e. The maximum absolute atomic E-state index is 13.2. The number of Topliss-reactive ketones (excluding diaryl/α,β-unsaturated/α-hetero) is 2. The van der Waals surface area contributed by atoms with Crippen LogP contribution in [0.4, 0.5) is 0 Å². The van der Waals surface area contributed by atoms with Crippen molar-refractivity contribution in [3.05, 3.63) is 12.2 Å². The predicted molar refractivity (Wildman–Crippen MR) is 272 cm³/mol. The van der Waals surface area contributed by atoms with Crippen molar-refractivity contribution in [3.8, 4) is 0 Å². The Morgan fingerprint density at radius 3 is 0.844 bits per heavy atom. The number of rotatable bonds is 52. The van der Waals surface area contributed by atoms with E-state index in [0.29, 0.717) is 19.3 Å². The number of aliphatic hydroxyl groups is 3. The van der Waals surface area contributed by atoms with Crippen LogP contribution in [-0.2, 0) is 19.1 Å². The van der Waals surface area contributed by atoms with E-state index in [1.54, 1.807) is 0 Å². The Balaban J connectivity index is 4.74. The van der Waals surface area contributed by atoms with Crippen LogP contribution in [0.1, 0.15) is 316 Å². The first-order chi connectivity index (χ1) is 31.2. The van der Waals surface area contributed by atoms with Gasteiger partial charge in [-0.25, -0.2) is 0 Å². The highest BCUT2D eigenvalue weighted by atomic mass is 16.7. The third-order valence-corrected chi connectivity index (χ3v) is 13.4. The van der Waals surface area contributed by atoms with Gasteiger partial charge in [-0.1, -0.05) is 264 Å². The standard InChI is InChI=1S/C57H108O7/c1-4-7-10-13-16-19-22-25-28-31-34-37-40-43-46-49-52(58)55(61)57(63,64-54(60)51-48-45-42-39-36-33-30-27-24-21-18-15-12-9-6-3)56(62)53(59)50-47-44-41-38-35-32-29-26-23-20-17-14-11-8-5-2/h27,30,55-56,61-63H,4-26,28-29,31-51H2,1-3H3. The number of allylic oxidation sites excluding steroid dienone is 2. The molecule has 0 fully saturated rings. The number of esters is 1. The summed E-state index contributed by atoms with van der Waals surface area (Å²) in [6.45, 7) is 6.76. The van der Waals surface area contributed by atoms with E-state index < -0.39 is 35.5 Å². The van der Waals surface area contributed by atoms with Gasteiger partial charge in [0.2, 0.25) is 0 Å². The normalized spacial score (nSPS) is 13.7. The zero-order valence-electron chi connectivity index (χ0n) is 42.8. The van der Waals surface area contributed by atoms with E-state index >= 15 is 0 Å². The summed E-state index contributed by atoms with van der Waals surface area (Å²) in [5.74, 6) is -5.26. The second-order valence-electron chi connectivity index (χ2n) is 19.7. The van der Waals surface area contributed by atoms with Crippen molar-refractivity contribution < 1.29 is 34.4 Å². The molecule has 7 heteroatoms. The molecule has 0 radical (unpaired) electrons. The van der Waals surface area contributed by atoms with Crippen LogP contribution in [-0.4, -0.2) is 50.9 Å². The molecule has 64 heavy (non-hydrogen) atoms. The van der Waals surface area contributed by atoms with E-state index in [4.69, 9.17) is 4.74 Å². The lowest BCUT2D eigenvalue weighted by Gasteiger charge is -2.34. The summed E-state index contributed by atoms with van der Waals surface area (Å²) in [5, 5.41) is 33.8. The van der Waals surface area contributed by atoms with E-state index in [2.05, 4.69) is 32.9 Å². The van der Waals surface area contributed by atoms with Crippen molar-refractivity contribution in [1.29, 1.82) is 0 Å². The molecule has 3 N–H and O–H groups in total. The van der Waals surface area contributed by atoms with E-state index in [1.165, 1.54) is 180 Å². The quantitative estimate of drug-likeness (QED) is 0.0241. The number of hydrogen-bond donors (Lipinski definition) is 3. The van der Waals surface area contributed by atoms with Crippen molar-refractivity contribution >= 4 is 17.5 Å². The highest BCUT2D eigenvalue weighted by molar-refractivity contribution is 5.89. The van der Waals surface area contributed by atoms with E-state index in [0.717, 1.165) is 77.0 Å². The van der Waals surface area contributed by atoms with Gasteiger partial charge in [-0.3, -0.25) is 14.4 Å². The largest absolute Gasteiger partial charge is 0.426 e. The first-order valence-electron chi connectivity index (χ1n) is 28.2. The molecule has 0 aromatic carbocycles. The molecule has 0 aromatic heterocycles. The molecule has 0 aliphatic carbocycles. The zero-order valence-corrected chi connectivity index (χ0v) is 42.8. The molecule has 0 aliphatic heterocycles. The summed E-state index contributed by atoms with van der Waals surface area (Å²) in [5.41, 5.74) is 0. The van der Waals surface area contributed by atoms with Crippen LogP contribution in [0.15, 0.2) is 12.2 Å². The highest BCUT2D eigenvalue weighted by Crippen LogP contribution is 2.26. The first-order valence-corrected chi connectivity index (χ1v) is 28.2. The van der Waals surface area contributed by atoms with Gasteiger partial charge < -0.3 is 20.1 Å². The Labute approximate surface area is 396 Å². The van der Waals surface area contributed by atoms with Crippen molar-refractivity contribution in [1.82, 2.24) is 0 Å². The Kier molecular flexibility index (Phi) is 46.7. The minimum Gasteiger partial charge on any atom is -0.426 e. The van der Waals surface area contributed by atoms with E-state index in [-0.39, 0.29) is 19.3 Å². The smallest absolute Gasteiger partial charge is 0.308 e. The molecule has 0 saturated carbocycles. The van der Waals surface area contributed by atoms with Crippen LogP contribution in [0, 0.1) is 0 Å². The van der Waals surface area contributed by atoms with Crippen LogP contribution in [0.2, 0.25) is 0 Å². The Morgan fingerprint density at radius 2 is 0.578 bits per heavy atom. The van der Waals surface area contributed by atoms with E-state index in [1.807, 2.05) is 0 Å². The van der Waals surface area contributed by atoms with Gasteiger partial charge in [0.05, 0.1) is 0 Å². The fourth-order valence-corrected chi connectivity index (χ4v) is 8.91. The molecule has 0 saturated heterocycles. The maximum atomic E-state index is 13.2. The van der Waals surface area contributed by atoms with Crippen molar-refractivity contribution in [2.24, 2.45) is 0 Å². The molecule has 0 heterocycles. The van der Waals surface area contributed by atoms with Gasteiger partial charge in [-0.2, -0.15) is 0 Å². The molecule has 0 bridgehead atoms. The van der Waals surface area contributed by atoms with Crippen LogP contribution in [0.5, 0.6) is 0 Å². The predicted octanol–water partition coefficient (Wildman–Crippen LogP) is 16.6. The Hall–Kier alpha value is -1.57. The summed E-state index contributed by atoms with van der Waals surface area (Å²) < 4.78 is 5.35. The minimum atomic E-state index is -3.00. The summed E-state index contributed by atoms with van der Waals surface area (Å²) >= 11 is 0. The number of ketones is 2. The monoisotopic (exact) mass is 905 g/mol. The lowest BCUT2D eigenvalue weighted by Crippen LogP contribution is -2.60. The molecular formula is C57H108O7. The number of ether oxygens (including phenoxy) is 1. The summed E-state index contributed by atoms with van der Waals surface area (Å²) in [7, 11) is 0. The number of aliphatic hydroxyl groups excluding tert-OH is 2. The fourth-order valence-electron chi connectivity index (χ4n) is 8.91. The molecule has 2 unspecified atom stereocenters. The summed E-state index contributed by atoms with van der Waals surface area (Å²) in [4.78, 5) is 39.5. The SMILES string of the molecule is CCCCCCCCC=CCCCCCCCC(=O)OC(O)(C(O)C(=O)CCCCCCCCCCCCCCCCC)C(O)C(=O)CCCCCCCCCCCCCCCCC. The van der Waals surface area contributed by atoms with Gasteiger partial charge in [0.15, 0.2) is 23.8 Å². The van der Waals surface area contributed by atoms with Gasteiger partial charge in [-0.05, 0) is 44.9 Å². The van der Waals surface area contributed by atoms with Gasteiger partial charge >= 0.3 is 5.97 Å². The average molecular weight is 905 g/mol. The molecule has 2 atom stereocenters. The summed E-state index contributed by atoms with van der Waals surface area (Å²) in [6.07, 6.45) is 50.3. The fraction of sp³-hybridized carbons (Fsp3) is 0.912. The molecule has 0 rings (SSSR count). The molecule has 0 aromatic rings. The van der Waals surface area contributed by atoms with Crippen LogP contribution in [0.25, 0.3) is 0 Å². The van der Waals surface area contributed by atoms with Gasteiger partial charge in [0, 0.05) is 19.3 Å². The van der Waals surface area contributed by atoms with Crippen LogP contribution in [0.3, 0.4) is 0 Å². The zero-order chi connectivity index (χ0) is 47.0. The lowest BCUT2D eigenvalue weighted by molar-refractivity contribution is -0.274. The molecule has 378 valence electrons. The lowest BCUT2D eigenvalue weighted by atomic mass is 9.92. The van der Waals surface area contributed by atoms with Gasteiger partial charge in [0.1, 0.15) is 0 Å². The second kappa shape index (κ2) is 47.9. The number of unbranched alkanes of at least 4 members (excludes halogenated alkanes) is 39. The number of hydrogen-bond acceptors (Lipinski definition) is 7. The van der Waals surface area contributed by atoms with Crippen molar-refractivity contribution in [2.75, 3.05) is 0 Å². The summed E-state index contributed by atoms with van der Waals surface area (Å²) in [6, 6.07) is 0. The third-order valence-electron chi connectivity index (χ3n) is 13.4. The third kappa shape index (κ3) is 38.5. The molecular weight excluding hydrogens is 797 g/mol. The topological polar surface area (TPSA) is 121 Å². The van der Waals surface area contributed by atoms with Crippen molar-refractivity contribution in [2.45, 2.75) is 334 Å². The van der Waals surface area contributed by atoms with Gasteiger partial charge in [-0.15, -0.1) is 0 Å². The Bertz CT molecular complexity index is 1000. The second-order valence-corrected chi connectivity index (χ2v) is 19.7. The van der Waals surface area contributed by atoms with Crippen LogP contribution >= 0.6 is 0 Å².